The molecule has 0 aromatic heterocycles. The third-order valence-corrected chi connectivity index (χ3v) is 7.21. The van der Waals surface area contributed by atoms with Crippen LogP contribution in [0.25, 0.3) is 16.5 Å². The molecule has 0 bridgehead atoms. The number of fused-ring (bicyclic) bond motifs is 1. The number of unbranched alkanes of at least 4 members (excludes halogenated alkanes) is 2. The molecule has 5 rings (SSSR count). The number of carbonyl (C=O) groups excluding carboxylic acids is 2. The quantitative estimate of drug-likeness (QED) is 0.0941. The summed E-state index contributed by atoms with van der Waals surface area (Å²) in [6.07, 6.45) is 3.13. The Kier molecular flexibility index (Phi) is 8.24. The highest BCUT2D eigenvalue weighted by Gasteiger charge is 2.47. The molecule has 2 N–H and O–H groups in total. The number of phenols is 1. The number of aliphatic hydroxyl groups is 1. The average molecular weight is 552 g/mol. The minimum atomic E-state index is -0.967. The van der Waals surface area contributed by atoms with E-state index in [9.17, 15) is 19.8 Å². The Hall–Kier alpha value is -4.78. The standard InChI is InChI=1S/C34H33NO6/c1-3-5-8-20-41-25-17-14-23(15-18-25)32(37)30-31(24-16-19-28(36)29(21-24)40-4-2)35(34(39)33(30)38)27-13-9-11-22-10-6-7-12-26(22)27/h6-7,9-19,21,31,36-37H,3-5,8,20H2,1-2H3/b32-30+. The van der Waals surface area contributed by atoms with E-state index in [1.54, 1.807) is 49.4 Å². The summed E-state index contributed by atoms with van der Waals surface area (Å²) in [5, 5.41) is 23.6. The first-order valence-electron chi connectivity index (χ1n) is 13.9. The van der Waals surface area contributed by atoms with Gasteiger partial charge in [-0.1, -0.05) is 62.2 Å². The van der Waals surface area contributed by atoms with E-state index in [1.165, 1.54) is 11.0 Å². The first kappa shape index (κ1) is 27.8. The number of ketones is 1. The van der Waals surface area contributed by atoms with Gasteiger partial charge in [-0.25, -0.2) is 0 Å². The largest absolute Gasteiger partial charge is 0.507 e. The highest BCUT2D eigenvalue weighted by atomic mass is 16.5. The van der Waals surface area contributed by atoms with Gasteiger partial charge in [-0.05, 0) is 66.8 Å². The van der Waals surface area contributed by atoms with Crippen molar-refractivity contribution in [3.05, 3.63) is 102 Å². The van der Waals surface area contributed by atoms with Gasteiger partial charge in [-0.2, -0.15) is 0 Å². The Bertz CT molecular complexity index is 1600. The topological polar surface area (TPSA) is 96.3 Å². The Morgan fingerprint density at radius 2 is 1.63 bits per heavy atom. The second kappa shape index (κ2) is 12.2. The molecule has 4 aromatic rings. The van der Waals surface area contributed by atoms with E-state index < -0.39 is 17.7 Å². The maximum absolute atomic E-state index is 13.7. The number of benzene rings is 4. The van der Waals surface area contributed by atoms with Gasteiger partial charge in [-0.3, -0.25) is 14.5 Å². The summed E-state index contributed by atoms with van der Waals surface area (Å²) in [7, 11) is 0. The van der Waals surface area contributed by atoms with Gasteiger partial charge in [0.05, 0.1) is 30.5 Å². The number of amides is 1. The second-order valence-corrected chi connectivity index (χ2v) is 9.91. The van der Waals surface area contributed by atoms with Gasteiger partial charge >= 0.3 is 0 Å². The Labute approximate surface area is 239 Å². The summed E-state index contributed by atoms with van der Waals surface area (Å²) in [6, 6.07) is 23.7. The number of aromatic hydroxyl groups is 1. The predicted molar refractivity (Wildman–Crippen MR) is 159 cm³/mol. The van der Waals surface area contributed by atoms with Crippen LogP contribution in [0.15, 0.2) is 90.5 Å². The number of Topliss-reactive ketones (excluding diaryl/α,β-unsaturated/α-hetero) is 1. The van der Waals surface area contributed by atoms with Crippen LogP contribution < -0.4 is 14.4 Å². The molecular weight excluding hydrogens is 518 g/mol. The predicted octanol–water partition coefficient (Wildman–Crippen LogP) is 7.14. The van der Waals surface area contributed by atoms with Crippen molar-refractivity contribution in [2.24, 2.45) is 0 Å². The number of nitrogens with zero attached hydrogens (tertiary/aromatic N) is 1. The van der Waals surface area contributed by atoms with E-state index in [4.69, 9.17) is 9.47 Å². The van der Waals surface area contributed by atoms with E-state index in [2.05, 4.69) is 6.92 Å². The molecule has 0 saturated carbocycles. The Morgan fingerprint density at radius 3 is 2.39 bits per heavy atom. The fourth-order valence-electron chi connectivity index (χ4n) is 5.19. The number of carbonyl (C=O) groups is 2. The third kappa shape index (κ3) is 5.48. The molecule has 7 heteroatoms. The second-order valence-electron chi connectivity index (χ2n) is 9.91. The lowest BCUT2D eigenvalue weighted by atomic mass is 9.94. The van der Waals surface area contributed by atoms with Crippen molar-refractivity contribution >= 4 is 33.9 Å². The van der Waals surface area contributed by atoms with Crippen LogP contribution in [0.3, 0.4) is 0 Å². The van der Waals surface area contributed by atoms with E-state index in [-0.39, 0.29) is 22.8 Å². The summed E-state index contributed by atoms with van der Waals surface area (Å²) in [6.45, 7) is 4.84. The van der Waals surface area contributed by atoms with Crippen LogP contribution in [0, 0.1) is 0 Å². The van der Waals surface area contributed by atoms with Gasteiger partial charge in [-0.15, -0.1) is 0 Å². The molecule has 1 unspecified atom stereocenters. The minimum Gasteiger partial charge on any atom is -0.507 e. The first-order valence-corrected chi connectivity index (χ1v) is 13.9. The van der Waals surface area contributed by atoms with E-state index in [0.29, 0.717) is 35.8 Å². The van der Waals surface area contributed by atoms with Crippen LogP contribution in [0.1, 0.15) is 50.3 Å². The molecule has 7 nitrogen and oxygen atoms in total. The summed E-state index contributed by atoms with van der Waals surface area (Å²) in [5.74, 6) is -1.03. The molecule has 1 fully saturated rings. The minimum absolute atomic E-state index is 0.0484. The van der Waals surface area contributed by atoms with Gasteiger partial charge < -0.3 is 19.7 Å². The fourth-order valence-corrected chi connectivity index (χ4v) is 5.19. The van der Waals surface area contributed by atoms with Crippen molar-refractivity contribution in [3.63, 3.8) is 0 Å². The molecule has 1 amide bonds. The lowest BCUT2D eigenvalue weighted by molar-refractivity contribution is -0.132. The fraction of sp³-hybridized carbons (Fsp3) is 0.235. The molecule has 0 radical (unpaired) electrons. The molecule has 4 aromatic carbocycles. The summed E-state index contributed by atoms with van der Waals surface area (Å²) < 4.78 is 11.4. The van der Waals surface area contributed by atoms with Crippen molar-refractivity contribution in [1.29, 1.82) is 0 Å². The molecule has 210 valence electrons. The van der Waals surface area contributed by atoms with Crippen molar-refractivity contribution in [3.8, 4) is 17.2 Å². The van der Waals surface area contributed by atoms with Crippen molar-refractivity contribution < 1.29 is 29.3 Å². The third-order valence-electron chi connectivity index (χ3n) is 7.21. The molecule has 0 spiro atoms. The SMILES string of the molecule is CCCCCOc1ccc(/C(O)=C2\C(=O)C(=O)N(c3cccc4ccccc34)C2c2ccc(O)c(OCC)c2)cc1. The van der Waals surface area contributed by atoms with Crippen LogP contribution in [-0.2, 0) is 9.59 Å². The highest BCUT2D eigenvalue weighted by Crippen LogP contribution is 2.45. The highest BCUT2D eigenvalue weighted by molar-refractivity contribution is 6.52. The molecule has 1 saturated heterocycles. The molecular formula is C34H33NO6. The van der Waals surface area contributed by atoms with E-state index in [0.717, 1.165) is 30.0 Å². The number of aliphatic hydroxyl groups excluding tert-OH is 1. The van der Waals surface area contributed by atoms with Gasteiger partial charge in [0.2, 0.25) is 0 Å². The van der Waals surface area contributed by atoms with E-state index >= 15 is 0 Å². The van der Waals surface area contributed by atoms with Crippen molar-refractivity contribution in [2.75, 3.05) is 18.1 Å². The van der Waals surface area contributed by atoms with Crippen LogP contribution in [0.2, 0.25) is 0 Å². The number of rotatable bonds is 10. The summed E-state index contributed by atoms with van der Waals surface area (Å²) in [4.78, 5) is 28.8. The number of phenolic OH excluding ortho intramolecular Hbond substituents is 1. The number of hydrogen-bond acceptors (Lipinski definition) is 6. The molecule has 1 aliphatic heterocycles. The first-order chi connectivity index (χ1) is 19.9. The number of hydrogen-bond donors (Lipinski definition) is 2. The van der Waals surface area contributed by atoms with Crippen molar-refractivity contribution in [2.45, 2.75) is 39.2 Å². The monoisotopic (exact) mass is 551 g/mol. The van der Waals surface area contributed by atoms with Gasteiger partial charge in [0.25, 0.3) is 11.7 Å². The Balaban J connectivity index is 1.64. The Morgan fingerprint density at radius 1 is 0.878 bits per heavy atom. The lowest BCUT2D eigenvalue weighted by Crippen LogP contribution is -2.29. The van der Waals surface area contributed by atoms with Gasteiger partial charge in [0.15, 0.2) is 11.5 Å². The van der Waals surface area contributed by atoms with Crippen LogP contribution >= 0.6 is 0 Å². The number of ether oxygens (including phenoxy) is 2. The smallest absolute Gasteiger partial charge is 0.300 e. The van der Waals surface area contributed by atoms with Crippen LogP contribution in [-0.4, -0.2) is 35.1 Å². The zero-order valence-corrected chi connectivity index (χ0v) is 23.2. The zero-order chi connectivity index (χ0) is 28.9. The average Bonchev–Trinajstić information content (AvgIpc) is 3.26. The maximum Gasteiger partial charge on any atom is 0.300 e. The molecule has 1 atom stereocenters. The molecule has 41 heavy (non-hydrogen) atoms. The normalized spacial score (nSPS) is 16.3. The van der Waals surface area contributed by atoms with Crippen LogP contribution in [0.4, 0.5) is 5.69 Å². The maximum atomic E-state index is 13.7. The van der Waals surface area contributed by atoms with Crippen LogP contribution in [0.5, 0.6) is 17.2 Å². The van der Waals surface area contributed by atoms with Gasteiger partial charge in [0, 0.05) is 10.9 Å². The lowest BCUT2D eigenvalue weighted by Gasteiger charge is -2.27. The van der Waals surface area contributed by atoms with Gasteiger partial charge in [0.1, 0.15) is 11.5 Å². The molecule has 1 heterocycles. The van der Waals surface area contributed by atoms with E-state index in [1.807, 2.05) is 36.4 Å². The number of anilines is 1. The molecule has 1 aliphatic rings. The zero-order valence-electron chi connectivity index (χ0n) is 23.2. The summed E-state index contributed by atoms with van der Waals surface area (Å²) in [5.41, 5.74) is 1.38. The molecule has 0 aliphatic carbocycles. The van der Waals surface area contributed by atoms with Crippen molar-refractivity contribution in [1.82, 2.24) is 0 Å². The summed E-state index contributed by atoms with van der Waals surface area (Å²) >= 11 is 0.